The van der Waals surface area contributed by atoms with Crippen LogP contribution in [0.4, 0.5) is 4.79 Å². The minimum absolute atomic E-state index is 0.253. The van der Waals surface area contributed by atoms with Gasteiger partial charge in [0.05, 0.1) is 0 Å². The van der Waals surface area contributed by atoms with Crippen molar-refractivity contribution in [3.8, 4) is 5.75 Å². The number of fused-ring (bicyclic) bond motifs is 1. The quantitative estimate of drug-likeness (QED) is 0.928. The van der Waals surface area contributed by atoms with Gasteiger partial charge in [-0.2, -0.15) is 0 Å². The van der Waals surface area contributed by atoms with Gasteiger partial charge in [-0.1, -0.05) is 6.07 Å². The van der Waals surface area contributed by atoms with Gasteiger partial charge in [-0.05, 0) is 50.5 Å². The molecule has 0 spiro atoms. The molecule has 1 amide bonds. The Hall–Kier alpha value is -1.75. The van der Waals surface area contributed by atoms with Gasteiger partial charge >= 0.3 is 6.09 Å². The largest absolute Gasteiger partial charge is 0.492 e. The van der Waals surface area contributed by atoms with Crippen LogP contribution in [0.2, 0.25) is 0 Å². The van der Waals surface area contributed by atoms with E-state index in [-0.39, 0.29) is 6.09 Å². The Kier molecular flexibility index (Phi) is 4.73. The van der Waals surface area contributed by atoms with E-state index in [2.05, 4.69) is 0 Å². The van der Waals surface area contributed by atoms with Crippen LogP contribution in [0.3, 0.4) is 0 Å². The molecule has 0 aromatic heterocycles. The van der Waals surface area contributed by atoms with Crippen molar-refractivity contribution in [3.05, 3.63) is 29.3 Å². The van der Waals surface area contributed by atoms with Crippen LogP contribution >= 0.6 is 0 Å². The monoisotopic (exact) mass is 292 g/mol. The Bertz CT molecular complexity index is 509. The molecular weight excluding hydrogens is 268 g/mol. The Labute approximate surface area is 126 Å². The summed E-state index contributed by atoms with van der Waals surface area (Å²) < 4.78 is 10.9. The fourth-order valence-corrected chi connectivity index (χ4v) is 2.28. The zero-order valence-electron chi connectivity index (χ0n) is 13.0. The SMILES string of the molecule is CC(C)(C)OC(=O)N1CCc2cc(OCCN)ccc2C1. The Balaban J connectivity index is 2.02. The number of carbonyl (C=O) groups is 1. The van der Waals surface area contributed by atoms with Crippen LogP contribution < -0.4 is 10.5 Å². The molecule has 0 fully saturated rings. The number of benzene rings is 1. The predicted molar refractivity (Wildman–Crippen MR) is 81.3 cm³/mol. The number of amides is 1. The van der Waals surface area contributed by atoms with E-state index in [0.29, 0.717) is 26.2 Å². The van der Waals surface area contributed by atoms with E-state index >= 15 is 0 Å². The molecule has 5 nitrogen and oxygen atoms in total. The average Bonchev–Trinajstić information content (AvgIpc) is 2.42. The molecule has 1 aliphatic rings. The first kappa shape index (κ1) is 15.6. The molecule has 2 N–H and O–H groups in total. The highest BCUT2D eigenvalue weighted by Crippen LogP contribution is 2.25. The predicted octanol–water partition coefficient (Wildman–Crippen LogP) is 2.32. The standard InChI is InChI=1S/C16H24N2O3/c1-16(2,3)21-15(19)18-8-6-12-10-14(20-9-7-17)5-4-13(12)11-18/h4-5,10H,6-9,11,17H2,1-3H3. The van der Waals surface area contributed by atoms with E-state index in [0.717, 1.165) is 17.7 Å². The highest BCUT2D eigenvalue weighted by atomic mass is 16.6. The van der Waals surface area contributed by atoms with Crippen molar-refractivity contribution in [1.29, 1.82) is 0 Å². The summed E-state index contributed by atoms with van der Waals surface area (Å²) in [6, 6.07) is 5.97. The summed E-state index contributed by atoms with van der Waals surface area (Å²) in [4.78, 5) is 13.8. The molecule has 1 aliphatic heterocycles. The van der Waals surface area contributed by atoms with Crippen molar-refractivity contribution >= 4 is 6.09 Å². The average molecular weight is 292 g/mol. The van der Waals surface area contributed by atoms with Crippen LogP contribution in [0.25, 0.3) is 0 Å². The topological polar surface area (TPSA) is 64.8 Å². The van der Waals surface area contributed by atoms with Gasteiger partial charge in [-0.25, -0.2) is 4.79 Å². The molecule has 0 saturated carbocycles. The van der Waals surface area contributed by atoms with Crippen LogP contribution in [-0.4, -0.2) is 36.3 Å². The normalized spacial score (nSPS) is 14.6. The third-order valence-electron chi connectivity index (χ3n) is 3.23. The summed E-state index contributed by atoms with van der Waals surface area (Å²) in [5.41, 5.74) is 7.34. The smallest absolute Gasteiger partial charge is 0.410 e. The molecule has 21 heavy (non-hydrogen) atoms. The minimum atomic E-state index is -0.461. The fraction of sp³-hybridized carbons (Fsp3) is 0.562. The van der Waals surface area contributed by atoms with Crippen molar-refractivity contribution in [2.75, 3.05) is 19.7 Å². The summed E-state index contributed by atoms with van der Waals surface area (Å²) >= 11 is 0. The van der Waals surface area contributed by atoms with E-state index in [1.807, 2.05) is 39.0 Å². The lowest BCUT2D eigenvalue weighted by molar-refractivity contribution is 0.0224. The van der Waals surface area contributed by atoms with Gasteiger partial charge in [-0.15, -0.1) is 0 Å². The lowest BCUT2D eigenvalue weighted by Crippen LogP contribution is -2.39. The number of rotatable bonds is 3. The van der Waals surface area contributed by atoms with Crippen molar-refractivity contribution in [3.63, 3.8) is 0 Å². The first-order valence-corrected chi connectivity index (χ1v) is 7.31. The summed E-state index contributed by atoms with van der Waals surface area (Å²) in [6.07, 6.45) is 0.561. The Morgan fingerprint density at radius 2 is 2.10 bits per heavy atom. The molecule has 0 saturated heterocycles. The molecule has 2 rings (SSSR count). The third-order valence-corrected chi connectivity index (χ3v) is 3.23. The van der Waals surface area contributed by atoms with Gasteiger partial charge in [0.2, 0.25) is 0 Å². The second kappa shape index (κ2) is 6.35. The molecule has 1 aromatic rings. The second-order valence-electron chi connectivity index (χ2n) is 6.22. The lowest BCUT2D eigenvalue weighted by Gasteiger charge is -2.31. The maximum atomic E-state index is 12.1. The van der Waals surface area contributed by atoms with Crippen LogP contribution in [0.5, 0.6) is 5.75 Å². The maximum Gasteiger partial charge on any atom is 0.410 e. The molecule has 1 aromatic carbocycles. The Morgan fingerprint density at radius 3 is 2.76 bits per heavy atom. The van der Waals surface area contributed by atoms with Crippen molar-refractivity contribution < 1.29 is 14.3 Å². The number of carbonyl (C=O) groups excluding carboxylic acids is 1. The van der Waals surface area contributed by atoms with E-state index in [1.165, 1.54) is 5.56 Å². The van der Waals surface area contributed by atoms with Crippen molar-refractivity contribution in [2.24, 2.45) is 5.73 Å². The van der Waals surface area contributed by atoms with E-state index in [9.17, 15) is 4.79 Å². The second-order valence-corrected chi connectivity index (χ2v) is 6.22. The molecule has 116 valence electrons. The molecule has 0 aliphatic carbocycles. The van der Waals surface area contributed by atoms with Gasteiger partial charge in [0.25, 0.3) is 0 Å². The summed E-state index contributed by atoms with van der Waals surface area (Å²) in [5.74, 6) is 0.838. The lowest BCUT2D eigenvalue weighted by atomic mass is 10.00. The zero-order chi connectivity index (χ0) is 15.5. The Morgan fingerprint density at radius 1 is 1.33 bits per heavy atom. The van der Waals surface area contributed by atoms with Crippen LogP contribution in [-0.2, 0) is 17.7 Å². The van der Waals surface area contributed by atoms with E-state index < -0.39 is 5.60 Å². The number of hydrogen-bond acceptors (Lipinski definition) is 4. The summed E-state index contributed by atoms with van der Waals surface area (Å²) in [5, 5.41) is 0. The van der Waals surface area contributed by atoms with Crippen molar-refractivity contribution in [2.45, 2.75) is 39.3 Å². The summed E-state index contributed by atoms with van der Waals surface area (Å²) in [7, 11) is 0. The highest BCUT2D eigenvalue weighted by molar-refractivity contribution is 5.68. The van der Waals surface area contributed by atoms with Gasteiger partial charge in [-0.3, -0.25) is 0 Å². The first-order valence-electron chi connectivity index (χ1n) is 7.31. The first-order chi connectivity index (χ1) is 9.89. The van der Waals surface area contributed by atoms with Crippen LogP contribution in [0, 0.1) is 0 Å². The highest BCUT2D eigenvalue weighted by Gasteiger charge is 2.25. The number of ether oxygens (including phenoxy) is 2. The van der Waals surface area contributed by atoms with Crippen LogP contribution in [0.1, 0.15) is 31.9 Å². The number of nitrogens with two attached hydrogens (primary N) is 1. The molecule has 0 bridgehead atoms. The molecule has 5 heteroatoms. The molecule has 0 atom stereocenters. The molecule has 0 radical (unpaired) electrons. The van der Waals surface area contributed by atoms with Gasteiger partial charge in [0.1, 0.15) is 18.0 Å². The fourth-order valence-electron chi connectivity index (χ4n) is 2.28. The van der Waals surface area contributed by atoms with Gasteiger partial charge in [0.15, 0.2) is 0 Å². The molecular formula is C16H24N2O3. The van der Waals surface area contributed by atoms with Crippen molar-refractivity contribution in [1.82, 2.24) is 4.90 Å². The maximum absolute atomic E-state index is 12.1. The zero-order valence-corrected chi connectivity index (χ0v) is 13.0. The van der Waals surface area contributed by atoms with E-state index in [1.54, 1.807) is 4.90 Å². The number of hydrogen-bond donors (Lipinski definition) is 1. The van der Waals surface area contributed by atoms with Gasteiger partial charge < -0.3 is 20.1 Å². The molecule has 1 heterocycles. The van der Waals surface area contributed by atoms with Gasteiger partial charge in [0, 0.05) is 19.6 Å². The third kappa shape index (κ3) is 4.36. The number of nitrogens with zero attached hydrogens (tertiary/aromatic N) is 1. The van der Waals surface area contributed by atoms with E-state index in [4.69, 9.17) is 15.2 Å². The minimum Gasteiger partial charge on any atom is -0.492 e. The summed E-state index contributed by atoms with van der Waals surface area (Å²) in [6.45, 7) is 7.91. The van der Waals surface area contributed by atoms with Crippen LogP contribution in [0.15, 0.2) is 18.2 Å². The molecule has 0 unspecified atom stereocenters.